The van der Waals surface area contributed by atoms with Crippen molar-refractivity contribution in [1.29, 1.82) is 0 Å². The molecule has 1 aliphatic heterocycles. The van der Waals surface area contributed by atoms with Crippen LogP contribution in [0.2, 0.25) is 0 Å². The monoisotopic (exact) mass is 434 g/mol. The maximum Gasteiger partial charge on any atom is 0.416 e. The van der Waals surface area contributed by atoms with Gasteiger partial charge in [0.05, 0.1) is 18.2 Å². The van der Waals surface area contributed by atoms with E-state index >= 15 is 0 Å². The van der Waals surface area contributed by atoms with Gasteiger partial charge in [0.2, 0.25) is 0 Å². The standard InChI is InChI=1S/C23H25F3N2O3/c1-22(2,3)27-21(30)28-11-10-17-16(8-9-18(19(17)13-28)20(29)31-4)14-6-5-7-15(12-14)23(24,25)26/h5-9,12H,10-11,13H2,1-4H3,(H,27,30). The molecule has 0 fully saturated rings. The second kappa shape index (κ2) is 8.24. The van der Waals surface area contributed by atoms with E-state index in [1.54, 1.807) is 23.1 Å². The van der Waals surface area contributed by atoms with Crippen molar-refractivity contribution in [1.82, 2.24) is 10.2 Å². The van der Waals surface area contributed by atoms with Gasteiger partial charge >= 0.3 is 18.2 Å². The van der Waals surface area contributed by atoms with Gasteiger partial charge < -0.3 is 15.0 Å². The first kappa shape index (κ1) is 22.7. The van der Waals surface area contributed by atoms with Crippen LogP contribution >= 0.6 is 0 Å². The predicted molar refractivity (Wildman–Crippen MR) is 111 cm³/mol. The van der Waals surface area contributed by atoms with Gasteiger partial charge in [-0.3, -0.25) is 0 Å². The summed E-state index contributed by atoms with van der Waals surface area (Å²) in [4.78, 5) is 26.6. The fourth-order valence-electron chi connectivity index (χ4n) is 3.68. The highest BCUT2D eigenvalue weighted by Crippen LogP contribution is 2.36. The van der Waals surface area contributed by atoms with Gasteiger partial charge in [-0.25, -0.2) is 9.59 Å². The molecule has 3 rings (SSSR count). The average molecular weight is 434 g/mol. The van der Waals surface area contributed by atoms with Crippen LogP contribution in [0.3, 0.4) is 0 Å². The predicted octanol–water partition coefficient (Wildman–Crippen LogP) is 5.03. The quantitative estimate of drug-likeness (QED) is 0.675. The molecule has 2 aromatic rings. The van der Waals surface area contributed by atoms with E-state index in [-0.39, 0.29) is 12.6 Å². The minimum absolute atomic E-state index is 0.161. The van der Waals surface area contributed by atoms with Crippen molar-refractivity contribution < 1.29 is 27.5 Å². The van der Waals surface area contributed by atoms with E-state index in [2.05, 4.69) is 5.32 Å². The third-order valence-corrected chi connectivity index (χ3v) is 5.09. The first-order chi connectivity index (χ1) is 14.4. The number of rotatable bonds is 2. The van der Waals surface area contributed by atoms with Gasteiger partial charge in [-0.05, 0) is 67.6 Å². The largest absolute Gasteiger partial charge is 0.465 e. The number of urea groups is 1. The molecule has 2 amide bonds. The van der Waals surface area contributed by atoms with E-state index < -0.39 is 23.2 Å². The van der Waals surface area contributed by atoms with Crippen molar-refractivity contribution in [2.75, 3.05) is 13.7 Å². The first-order valence-corrected chi connectivity index (χ1v) is 9.88. The van der Waals surface area contributed by atoms with Crippen LogP contribution in [-0.4, -0.2) is 36.1 Å². The number of carbonyl (C=O) groups excluding carboxylic acids is 2. The second-order valence-electron chi connectivity index (χ2n) is 8.54. The van der Waals surface area contributed by atoms with Gasteiger partial charge in [0, 0.05) is 18.6 Å². The topological polar surface area (TPSA) is 58.6 Å². The van der Waals surface area contributed by atoms with Crippen LogP contribution < -0.4 is 5.32 Å². The molecule has 0 radical (unpaired) electrons. The van der Waals surface area contributed by atoms with E-state index in [9.17, 15) is 22.8 Å². The Bertz CT molecular complexity index is 1010. The highest BCUT2D eigenvalue weighted by Gasteiger charge is 2.32. The molecule has 0 saturated heterocycles. The van der Waals surface area contributed by atoms with E-state index in [1.807, 2.05) is 20.8 Å². The summed E-state index contributed by atoms with van der Waals surface area (Å²) in [5, 5.41) is 2.90. The summed E-state index contributed by atoms with van der Waals surface area (Å²) in [5.41, 5.74) is 1.51. The molecule has 0 spiro atoms. The third-order valence-electron chi connectivity index (χ3n) is 5.09. The lowest BCUT2D eigenvalue weighted by Gasteiger charge is -2.34. The van der Waals surface area contributed by atoms with Crippen molar-refractivity contribution in [3.8, 4) is 11.1 Å². The smallest absolute Gasteiger partial charge is 0.416 e. The molecule has 1 aliphatic rings. The van der Waals surface area contributed by atoms with Crippen LogP contribution in [0.5, 0.6) is 0 Å². The summed E-state index contributed by atoms with van der Waals surface area (Å²) >= 11 is 0. The summed E-state index contributed by atoms with van der Waals surface area (Å²) in [5.74, 6) is -0.551. The molecule has 0 atom stereocenters. The molecule has 8 heteroatoms. The number of ether oxygens (including phenoxy) is 1. The van der Waals surface area contributed by atoms with Crippen LogP contribution in [0.4, 0.5) is 18.0 Å². The Balaban J connectivity index is 2.06. The number of benzene rings is 2. The van der Waals surface area contributed by atoms with Gasteiger partial charge in [0.15, 0.2) is 0 Å². The number of nitrogens with zero attached hydrogens (tertiary/aromatic N) is 1. The van der Waals surface area contributed by atoms with E-state index in [1.165, 1.54) is 13.2 Å². The Morgan fingerprint density at radius 1 is 1.06 bits per heavy atom. The van der Waals surface area contributed by atoms with Crippen molar-refractivity contribution >= 4 is 12.0 Å². The van der Waals surface area contributed by atoms with Crippen molar-refractivity contribution in [3.63, 3.8) is 0 Å². The maximum absolute atomic E-state index is 13.2. The van der Waals surface area contributed by atoms with Gasteiger partial charge in [-0.1, -0.05) is 18.2 Å². The number of methoxy groups -OCH3 is 1. The Morgan fingerprint density at radius 3 is 2.39 bits per heavy atom. The number of alkyl halides is 3. The molecule has 5 nitrogen and oxygen atoms in total. The molecule has 0 aromatic heterocycles. The Hall–Kier alpha value is -3.03. The molecule has 1 heterocycles. The molecule has 0 bridgehead atoms. The Morgan fingerprint density at radius 2 is 1.77 bits per heavy atom. The molecular formula is C23H25F3N2O3. The summed E-state index contributed by atoms with van der Waals surface area (Å²) in [6.45, 7) is 6.15. The van der Waals surface area contributed by atoms with Crippen molar-refractivity contribution in [2.45, 2.75) is 45.5 Å². The van der Waals surface area contributed by atoms with Crippen LogP contribution in [0.25, 0.3) is 11.1 Å². The van der Waals surface area contributed by atoms with Gasteiger partial charge in [-0.2, -0.15) is 13.2 Å². The lowest BCUT2D eigenvalue weighted by atomic mass is 9.87. The zero-order chi connectivity index (χ0) is 23.0. The minimum atomic E-state index is -4.45. The van der Waals surface area contributed by atoms with Gasteiger partial charge in [0.25, 0.3) is 0 Å². The molecule has 0 saturated carbocycles. The fourth-order valence-corrected chi connectivity index (χ4v) is 3.68. The summed E-state index contributed by atoms with van der Waals surface area (Å²) in [6.07, 6.45) is -4.05. The lowest BCUT2D eigenvalue weighted by Crippen LogP contribution is -2.50. The third kappa shape index (κ3) is 5.00. The number of carbonyl (C=O) groups is 2. The van der Waals surface area contributed by atoms with Gasteiger partial charge in [0.1, 0.15) is 0 Å². The summed E-state index contributed by atoms with van der Waals surface area (Å²) in [6, 6.07) is 8.03. The Kier molecular flexibility index (Phi) is 6.02. The van der Waals surface area contributed by atoms with Crippen molar-refractivity contribution in [2.24, 2.45) is 0 Å². The SMILES string of the molecule is COC(=O)c1ccc(-c2cccc(C(F)(F)F)c2)c2c1CN(C(=O)NC(C)(C)C)CC2. The van der Waals surface area contributed by atoms with E-state index in [0.29, 0.717) is 35.2 Å². The zero-order valence-corrected chi connectivity index (χ0v) is 17.9. The highest BCUT2D eigenvalue weighted by atomic mass is 19.4. The van der Waals surface area contributed by atoms with E-state index in [4.69, 9.17) is 4.74 Å². The first-order valence-electron chi connectivity index (χ1n) is 9.88. The number of halogens is 3. The zero-order valence-electron chi connectivity index (χ0n) is 17.9. The van der Waals surface area contributed by atoms with Crippen LogP contribution in [0.15, 0.2) is 36.4 Å². The Labute approximate surface area is 179 Å². The average Bonchev–Trinajstić information content (AvgIpc) is 2.70. The van der Waals surface area contributed by atoms with Gasteiger partial charge in [-0.15, -0.1) is 0 Å². The summed E-state index contributed by atoms with van der Waals surface area (Å²) < 4.78 is 44.5. The highest BCUT2D eigenvalue weighted by molar-refractivity contribution is 5.93. The van der Waals surface area contributed by atoms with Crippen molar-refractivity contribution in [3.05, 3.63) is 58.7 Å². The minimum Gasteiger partial charge on any atom is -0.465 e. The number of nitrogens with one attached hydrogen (secondary N) is 1. The maximum atomic E-state index is 13.2. The molecule has 0 unspecified atom stereocenters. The fraction of sp³-hybridized carbons (Fsp3) is 0.391. The number of hydrogen-bond donors (Lipinski definition) is 1. The molecule has 31 heavy (non-hydrogen) atoms. The normalized spacial score (nSPS) is 14.1. The number of amides is 2. The molecule has 166 valence electrons. The second-order valence-corrected chi connectivity index (χ2v) is 8.54. The molecular weight excluding hydrogens is 409 g/mol. The van der Waals surface area contributed by atoms with E-state index in [0.717, 1.165) is 17.7 Å². The number of esters is 1. The number of fused-ring (bicyclic) bond motifs is 1. The molecule has 0 aliphatic carbocycles. The summed E-state index contributed by atoms with van der Waals surface area (Å²) in [7, 11) is 1.27. The number of hydrogen-bond acceptors (Lipinski definition) is 3. The molecule has 1 N–H and O–H groups in total. The van der Waals surface area contributed by atoms with Crippen LogP contribution in [-0.2, 0) is 23.9 Å². The molecule has 2 aromatic carbocycles. The lowest BCUT2D eigenvalue weighted by molar-refractivity contribution is -0.137. The van der Waals surface area contributed by atoms with Crippen LogP contribution in [0, 0.1) is 0 Å². The van der Waals surface area contributed by atoms with Crippen LogP contribution in [0.1, 0.15) is 47.8 Å².